The van der Waals surface area contributed by atoms with Crippen LogP contribution in [0.5, 0.6) is 0 Å². The molecular weight excluding hydrogens is 193 g/mol. The summed E-state index contributed by atoms with van der Waals surface area (Å²) in [5, 5.41) is 13.9. The first kappa shape index (κ1) is 22.5. The second kappa shape index (κ2) is 10.1. The van der Waals surface area contributed by atoms with Crippen LogP contribution in [-0.4, -0.2) is 63.4 Å². The van der Waals surface area contributed by atoms with E-state index in [0.29, 0.717) is 0 Å². The van der Waals surface area contributed by atoms with Gasteiger partial charge in [-0.05, 0) is 0 Å². The van der Waals surface area contributed by atoms with Crippen molar-refractivity contribution in [3.05, 3.63) is 0 Å². The van der Waals surface area contributed by atoms with E-state index in [1.165, 1.54) is 0 Å². The fourth-order valence-corrected chi connectivity index (χ4v) is 0. The van der Waals surface area contributed by atoms with Crippen molar-refractivity contribution in [2.75, 3.05) is 0 Å². The first-order chi connectivity index (χ1) is 3.73. The van der Waals surface area contributed by atoms with Crippen molar-refractivity contribution in [1.29, 1.82) is 0 Å². The van der Waals surface area contributed by atoms with Crippen molar-refractivity contribution in [2.24, 2.45) is 0 Å². The standard InChI is InChI=1S/CH2O3.H3N.Na.H2O4S.H/c2-1(3)4;;;1-5(2,3)4;/h(H2,2,3,4);1H3;;(H2,1,2,3,4);. The minimum absolute atomic E-state index is 0. The third-order valence-electron chi connectivity index (χ3n) is 0. The van der Waals surface area contributed by atoms with Crippen LogP contribution in [0.15, 0.2) is 0 Å². The molecule has 0 unspecified atom stereocenters. The molecule has 0 aromatic carbocycles. The molecule has 66 valence electrons. The van der Waals surface area contributed by atoms with Crippen molar-refractivity contribution in [3.63, 3.8) is 0 Å². The van der Waals surface area contributed by atoms with Gasteiger partial charge in [0, 0.05) is 0 Å². The summed E-state index contributed by atoms with van der Waals surface area (Å²) < 4.78 is 31.6. The Morgan fingerprint density at radius 2 is 1.09 bits per heavy atom. The molecule has 10 heteroatoms. The molecule has 0 aliphatic heterocycles. The van der Waals surface area contributed by atoms with Gasteiger partial charge in [0.2, 0.25) is 0 Å². The van der Waals surface area contributed by atoms with Gasteiger partial charge in [-0.15, -0.1) is 0 Å². The molecule has 0 aromatic rings. The predicted molar refractivity (Wildman–Crippen MR) is 37.0 cm³/mol. The van der Waals surface area contributed by atoms with E-state index >= 15 is 0 Å². The maximum atomic E-state index is 8.74. The van der Waals surface area contributed by atoms with Crippen LogP contribution in [0.4, 0.5) is 4.79 Å². The number of hydrogen-bond acceptors (Lipinski definition) is 4. The molecule has 0 amide bonds. The second-order valence-corrected chi connectivity index (χ2v) is 1.63. The number of carboxylic acid groups (broad SMARTS) is 2. The van der Waals surface area contributed by atoms with E-state index in [0.717, 1.165) is 0 Å². The molecule has 0 heterocycles. The number of hydrogen-bond donors (Lipinski definition) is 5. The van der Waals surface area contributed by atoms with Gasteiger partial charge >= 0.3 is 46.1 Å². The van der Waals surface area contributed by atoms with Crippen molar-refractivity contribution < 1.29 is 32.5 Å². The average Bonchev–Trinajstić information content (AvgIpc) is 1.19. The Balaban J connectivity index is -0.0000000383. The SMILES string of the molecule is N.O=C(O)O.O=S(=O)(O)O.[NaH]. The Kier molecular flexibility index (Phi) is 20.6. The van der Waals surface area contributed by atoms with E-state index < -0.39 is 16.6 Å². The van der Waals surface area contributed by atoms with Crippen LogP contribution in [0.2, 0.25) is 0 Å². The summed E-state index contributed by atoms with van der Waals surface area (Å²) in [4.78, 5) is 8.56. The van der Waals surface area contributed by atoms with E-state index in [9.17, 15) is 0 Å². The zero-order chi connectivity index (χ0) is 8.08. The molecule has 8 nitrogen and oxygen atoms in total. The van der Waals surface area contributed by atoms with Crippen LogP contribution in [0.3, 0.4) is 0 Å². The van der Waals surface area contributed by atoms with Gasteiger partial charge in [-0.2, -0.15) is 8.42 Å². The van der Waals surface area contributed by atoms with Crippen LogP contribution in [0.25, 0.3) is 0 Å². The Morgan fingerprint density at radius 1 is 1.09 bits per heavy atom. The van der Waals surface area contributed by atoms with Crippen molar-refractivity contribution in [1.82, 2.24) is 6.15 Å². The van der Waals surface area contributed by atoms with E-state index in [1.54, 1.807) is 0 Å². The molecule has 0 atom stereocenters. The fourth-order valence-electron chi connectivity index (χ4n) is 0. The van der Waals surface area contributed by atoms with E-state index in [2.05, 4.69) is 0 Å². The Labute approximate surface area is 84.7 Å². The zero-order valence-corrected chi connectivity index (χ0v) is 5.45. The molecule has 0 saturated carbocycles. The summed E-state index contributed by atoms with van der Waals surface area (Å²) >= 11 is 0. The van der Waals surface area contributed by atoms with Gasteiger partial charge < -0.3 is 16.4 Å². The summed E-state index contributed by atoms with van der Waals surface area (Å²) in [6.45, 7) is 0. The quantitative estimate of drug-likeness (QED) is 0.247. The second-order valence-electron chi connectivity index (χ2n) is 0.730. The monoisotopic (exact) mass is 201 g/mol. The predicted octanol–water partition coefficient (Wildman–Crippen LogP) is -0.917. The Hall–Kier alpha value is 0.1000. The molecule has 0 bridgehead atoms. The van der Waals surface area contributed by atoms with E-state index in [1.807, 2.05) is 0 Å². The molecule has 0 aliphatic rings. The fraction of sp³-hybridized carbons (Fsp3) is 0. The number of rotatable bonds is 0. The van der Waals surface area contributed by atoms with Gasteiger partial charge in [0.05, 0.1) is 0 Å². The Morgan fingerprint density at radius 3 is 1.09 bits per heavy atom. The third kappa shape index (κ3) is 66300. The van der Waals surface area contributed by atoms with Gasteiger partial charge in [-0.25, -0.2) is 4.79 Å². The summed E-state index contributed by atoms with van der Waals surface area (Å²) in [6.07, 6.45) is -1.83. The molecule has 0 radical (unpaired) electrons. The zero-order valence-electron chi connectivity index (χ0n) is 4.63. The van der Waals surface area contributed by atoms with Gasteiger partial charge in [0.1, 0.15) is 0 Å². The van der Waals surface area contributed by atoms with Crippen LogP contribution < -0.4 is 6.15 Å². The first-order valence-corrected chi connectivity index (χ1v) is 2.75. The van der Waals surface area contributed by atoms with Crippen molar-refractivity contribution >= 4 is 46.1 Å². The normalized spacial score (nSPS) is 7.45. The molecular formula is CH8NNaO7S. The summed E-state index contributed by atoms with van der Waals surface area (Å²) in [6, 6.07) is 0. The molecule has 0 aliphatic carbocycles. The Bertz CT molecular complexity index is 161. The molecule has 7 N–H and O–H groups in total. The summed E-state index contributed by atoms with van der Waals surface area (Å²) in [5.41, 5.74) is 0. The molecule has 0 aromatic heterocycles. The van der Waals surface area contributed by atoms with Crippen LogP contribution in [0.1, 0.15) is 0 Å². The molecule has 0 fully saturated rings. The van der Waals surface area contributed by atoms with Crippen LogP contribution >= 0.6 is 0 Å². The first-order valence-electron chi connectivity index (χ1n) is 1.35. The number of carbonyl (C=O) groups is 1. The van der Waals surface area contributed by atoms with Crippen LogP contribution in [0, 0.1) is 0 Å². The molecule has 0 saturated heterocycles. The minimum atomic E-state index is -4.67. The molecule has 0 spiro atoms. The third-order valence-corrected chi connectivity index (χ3v) is 0. The molecule has 0 rings (SSSR count). The van der Waals surface area contributed by atoms with E-state index in [-0.39, 0.29) is 35.7 Å². The van der Waals surface area contributed by atoms with E-state index in [4.69, 9.17) is 32.5 Å². The topological polar surface area (TPSA) is 167 Å². The summed E-state index contributed by atoms with van der Waals surface area (Å²) in [5.74, 6) is 0. The van der Waals surface area contributed by atoms with Gasteiger partial charge in [-0.1, -0.05) is 0 Å². The molecule has 11 heavy (non-hydrogen) atoms. The maximum absolute atomic E-state index is 8.74. The summed E-state index contributed by atoms with van der Waals surface area (Å²) in [7, 11) is -4.67. The van der Waals surface area contributed by atoms with Crippen molar-refractivity contribution in [3.8, 4) is 0 Å². The van der Waals surface area contributed by atoms with Crippen LogP contribution in [-0.2, 0) is 10.4 Å². The van der Waals surface area contributed by atoms with Gasteiger partial charge in [0.15, 0.2) is 0 Å². The van der Waals surface area contributed by atoms with Gasteiger partial charge in [0.25, 0.3) is 0 Å². The van der Waals surface area contributed by atoms with Gasteiger partial charge in [-0.3, -0.25) is 9.11 Å². The van der Waals surface area contributed by atoms with Crippen molar-refractivity contribution in [2.45, 2.75) is 0 Å². The average molecular weight is 201 g/mol.